The van der Waals surface area contributed by atoms with Gasteiger partial charge in [0.1, 0.15) is 0 Å². The Hall–Kier alpha value is -5.80. The largest absolute Gasteiger partial charge is 0.311 e. The van der Waals surface area contributed by atoms with E-state index in [2.05, 4.69) is 206 Å². The fourth-order valence-electron chi connectivity index (χ4n) is 11.6. The van der Waals surface area contributed by atoms with Crippen LogP contribution in [0.15, 0.2) is 133 Å². The zero-order valence-corrected chi connectivity index (χ0v) is 36.1. The number of anilines is 6. The number of hydrogen-bond donors (Lipinski definition) is 0. The molecule has 0 saturated heterocycles. The first kappa shape index (κ1) is 36.3. The van der Waals surface area contributed by atoms with Gasteiger partial charge in [-0.2, -0.15) is 0 Å². The van der Waals surface area contributed by atoms with E-state index in [1.807, 2.05) is 0 Å². The maximum atomic E-state index is 2.68. The molecule has 59 heavy (non-hydrogen) atoms. The van der Waals surface area contributed by atoms with Crippen molar-refractivity contribution in [1.29, 1.82) is 0 Å². The lowest BCUT2D eigenvalue weighted by Crippen LogP contribution is -2.61. The highest BCUT2D eigenvalue weighted by molar-refractivity contribution is 7.00. The van der Waals surface area contributed by atoms with Crippen LogP contribution in [0.3, 0.4) is 0 Å². The van der Waals surface area contributed by atoms with E-state index in [1.165, 1.54) is 112 Å². The Bertz CT molecular complexity index is 2910. The van der Waals surface area contributed by atoms with Crippen molar-refractivity contribution in [2.24, 2.45) is 0 Å². The maximum absolute atomic E-state index is 2.68. The van der Waals surface area contributed by atoms with Crippen LogP contribution in [-0.2, 0) is 22.7 Å². The molecule has 0 N–H and O–H groups in total. The highest BCUT2D eigenvalue weighted by Gasteiger charge is 2.48. The molecule has 11 rings (SSSR count). The monoisotopic (exact) mass is 764 g/mol. The molecule has 3 heteroatoms. The standard InChI is InChI=1S/C56H53BN2/c1-34-26-51-53-52(27-34)59(48-21-15-20-41-40-19-14-13-18-38(40)29-42(41)48)50-32-44-43(55(6,7)33-56(44,8)9)31-46(50)57(53)45-30-37(36-16-11-10-12-17-36)22-24-49(45)58(51)47-25-23-39(28-35(47)2)54(3,4)5/h10-28,30-32H,29,33H2,1-9H3. The first-order valence-electron chi connectivity index (χ1n) is 21.6. The highest BCUT2D eigenvalue weighted by atomic mass is 15.2. The van der Waals surface area contributed by atoms with Gasteiger partial charge in [0.25, 0.3) is 6.71 Å². The molecule has 0 amide bonds. The average molecular weight is 765 g/mol. The second kappa shape index (κ2) is 12.4. The summed E-state index contributed by atoms with van der Waals surface area (Å²) in [5, 5.41) is 0. The average Bonchev–Trinajstić information content (AvgIpc) is 3.67. The molecule has 290 valence electrons. The van der Waals surface area contributed by atoms with Gasteiger partial charge in [-0.05, 0) is 150 Å². The second-order valence-electron chi connectivity index (χ2n) is 20.2. The maximum Gasteiger partial charge on any atom is 0.252 e. The molecule has 0 unspecified atom stereocenters. The Balaban J connectivity index is 1.25. The minimum absolute atomic E-state index is 0.0506. The van der Waals surface area contributed by atoms with Crippen LogP contribution < -0.4 is 26.2 Å². The molecule has 2 aliphatic carbocycles. The van der Waals surface area contributed by atoms with Gasteiger partial charge in [-0.3, -0.25) is 0 Å². The van der Waals surface area contributed by atoms with Gasteiger partial charge in [0.2, 0.25) is 0 Å². The number of fused-ring (bicyclic) bond motifs is 8. The van der Waals surface area contributed by atoms with Crippen molar-refractivity contribution in [3.63, 3.8) is 0 Å². The molecule has 0 fully saturated rings. The van der Waals surface area contributed by atoms with Gasteiger partial charge in [0.15, 0.2) is 0 Å². The Labute approximate surface area is 351 Å². The Kier molecular flexibility index (Phi) is 7.61. The van der Waals surface area contributed by atoms with Crippen molar-refractivity contribution in [2.75, 3.05) is 9.80 Å². The van der Waals surface area contributed by atoms with Crippen molar-refractivity contribution in [2.45, 2.75) is 91.4 Å². The van der Waals surface area contributed by atoms with E-state index >= 15 is 0 Å². The van der Waals surface area contributed by atoms with Gasteiger partial charge in [-0.25, -0.2) is 0 Å². The molecular weight excluding hydrogens is 711 g/mol. The van der Waals surface area contributed by atoms with Crippen molar-refractivity contribution < 1.29 is 0 Å². The predicted molar refractivity (Wildman–Crippen MR) is 253 cm³/mol. The van der Waals surface area contributed by atoms with Crippen molar-refractivity contribution in [1.82, 2.24) is 0 Å². The smallest absolute Gasteiger partial charge is 0.252 e. The lowest BCUT2D eigenvalue weighted by molar-refractivity contribution is 0.403. The summed E-state index contributed by atoms with van der Waals surface area (Å²) in [7, 11) is 0. The molecule has 0 saturated carbocycles. The quantitative estimate of drug-likeness (QED) is 0.165. The number of rotatable bonds is 3. The van der Waals surface area contributed by atoms with Crippen LogP contribution in [0.5, 0.6) is 0 Å². The van der Waals surface area contributed by atoms with E-state index in [0.29, 0.717) is 0 Å². The van der Waals surface area contributed by atoms with Crippen molar-refractivity contribution in [3.8, 4) is 22.3 Å². The van der Waals surface area contributed by atoms with E-state index in [0.717, 1.165) is 12.8 Å². The van der Waals surface area contributed by atoms with Gasteiger partial charge < -0.3 is 9.80 Å². The molecule has 2 aliphatic heterocycles. The molecule has 0 aromatic heterocycles. The third kappa shape index (κ3) is 5.32. The second-order valence-corrected chi connectivity index (χ2v) is 20.2. The fraction of sp³-hybridized carbons (Fsp3) is 0.250. The summed E-state index contributed by atoms with van der Waals surface area (Å²) >= 11 is 0. The summed E-state index contributed by atoms with van der Waals surface area (Å²) in [5.74, 6) is 0. The minimum atomic E-state index is 0.0506. The topological polar surface area (TPSA) is 6.48 Å². The van der Waals surface area contributed by atoms with Gasteiger partial charge in [0, 0.05) is 34.9 Å². The number of nitrogens with zero attached hydrogens (tertiary/aromatic N) is 2. The van der Waals surface area contributed by atoms with E-state index < -0.39 is 0 Å². The number of hydrogen-bond acceptors (Lipinski definition) is 2. The van der Waals surface area contributed by atoms with Crippen molar-refractivity contribution >= 4 is 57.2 Å². The lowest BCUT2D eigenvalue weighted by Gasteiger charge is -2.45. The number of aryl methyl sites for hydroxylation is 2. The molecule has 0 spiro atoms. The van der Waals surface area contributed by atoms with E-state index in [1.54, 1.807) is 0 Å². The molecule has 0 radical (unpaired) electrons. The molecule has 7 aromatic rings. The minimum Gasteiger partial charge on any atom is -0.311 e. The van der Waals surface area contributed by atoms with Crippen molar-refractivity contribution in [3.05, 3.63) is 172 Å². The van der Waals surface area contributed by atoms with E-state index in [4.69, 9.17) is 0 Å². The van der Waals surface area contributed by atoms with Crippen LogP contribution in [0, 0.1) is 13.8 Å². The van der Waals surface area contributed by atoms with E-state index in [9.17, 15) is 0 Å². The summed E-state index contributed by atoms with van der Waals surface area (Å²) < 4.78 is 0. The third-order valence-electron chi connectivity index (χ3n) is 14.2. The molecule has 7 aromatic carbocycles. The normalized spacial score (nSPS) is 16.3. The van der Waals surface area contributed by atoms with Gasteiger partial charge in [0.05, 0.1) is 5.69 Å². The zero-order valence-electron chi connectivity index (χ0n) is 36.1. The van der Waals surface area contributed by atoms with Gasteiger partial charge in [-0.1, -0.05) is 146 Å². The zero-order chi connectivity index (χ0) is 40.7. The summed E-state index contributed by atoms with van der Waals surface area (Å²) in [5.41, 5.74) is 27.0. The number of benzene rings is 7. The molecular formula is C56H53BN2. The fourth-order valence-corrected chi connectivity index (χ4v) is 11.6. The van der Waals surface area contributed by atoms with Crippen LogP contribution in [0.4, 0.5) is 34.1 Å². The predicted octanol–water partition coefficient (Wildman–Crippen LogP) is 12.9. The SMILES string of the molecule is Cc1cc2c3c(c1)N(c1cccc4c1Cc1ccccc1-4)c1cc4c(cc1B3c1cc(-c3ccccc3)ccc1N2c1ccc(C(C)(C)C)cc1C)C(C)(C)CC4(C)C. The van der Waals surface area contributed by atoms with Crippen LogP contribution in [0.2, 0.25) is 0 Å². The molecule has 0 atom stereocenters. The Morgan fingerprint density at radius 1 is 0.525 bits per heavy atom. The third-order valence-corrected chi connectivity index (χ3v) is 14.2. The van der Waals surface area contributed by atoms with E-state index in [-0.39, 0.29) is 23.0 Å². The Morgan fingerprint density at radius 2 is 1.17 bits per heavy atom. The highest BCUT2D eigenvalue weighted by Crippen LogP contribution is 2.54. The summed E-state index contributed by atoms with van der Waals surface area (Å²) in [6.07, 6.45) is 2.06. The summed E-state index contributed by atoms with van der Waals surface area (Å²) in [6, 6.07) is 51.6. The first-order chi connectivity index (χ1) is 28.2. The summed E-state index contributed by atoms with van der Waals surface area (Å²) in [4.78, 5) is 5.28. The molecule has 4 aliphatic rings. The van der Waals surface area contributed by atoms with Gasteiger partial charge >= 0.3 is 0 Å². The van der Waals surface area contributed by atoms with Gasteiger partial charge in [-0.15, -0.1) is 0 Å². The first-order valence-corrected chi connectivity index (χ1v) is 21.6. The van der Waals surface area contributed by atoms with Crippen LogP contribution in [-0.4, -0.2) is 6.71 Å². The summed E-state index contributed by atoms with van der Waals surface area (Å²) in [6.45, 7) is 21.4. The molecule has 0 bridgehead atoms. The van der Waals surface area contributed by atoms with Crippen LogP contribution in [0.25, 0.3) is 22.3 Å². The van der Waals surface area contributed by atoms with Crippen LogP contribution >= 0.6 is 0 Å². The molecule has 2 nitrogen and oxygen atoms in total. The molecule has 2 heterocycles. The Morgan fingerprint density at radius 3 is 1.90 bits per heavy atom. The lowest BCUT2D eigenvalue weighted by atomic mass is 9.33. The van der Waals surface area contributed by atoms with Crippen LogP contribution in [0.1, 0.15) is 93.8 Å².